The molecule has 0 spiro atoms. The van der Waals surface area contributed by atoms with Crippen LogP contribution < -0.4 is 10.2 Å². The molecule has 1 aliphatic heterocycles. The monoisotopic (exact) mass is 335 g/mol. The zero-order valence-corrected chi connectivity index (χ0v) is 13.6. The van der Waals surface area contributed by atoms with Crippen LogP contribution in [0.2, 0.25) is 5.02 Å². The van der Waals surface area contributed by atoms with Gasteiger partial charge in [0.15, 0.2) is 0 Å². The molecule has 2 amide bonds. The van der Waals surface area contributed by atoms with Crippen molar-refractivity contribution in [3.63, 3.8) is 0 Å². The number of aromatic nitrogens is 2. The van der Waals surface area contributed by atoms with E-state index < -0.39 is 0 Å². The standard InChI is InChI=1S/C15H18ClN5O2/c1-2-13-18-19-15(23-13)21-8-6-20(7-9-21)14(22)17-12-5-3-4-11(16)10-12/h3-5,10H,2,6-9H2,1H3,(H,17,22). The number of anilines is 2. The van der Waals surface area contributed by atoms with E-state index in [4.69, 9.17) is 16.0 Å². The quantitative estimate of drug-likeness (QED) is 0.933. The smallest absolute Gasteiger partial charge is 0.321 e. The van der Waals surface area contributed by atoms with Gasteiger partial charge in [-0.2, -0.15) is 0 Å². The third kappa shape index (κ3) is 3.73. The SMILES string of the molecule is CCc1nnc(N2CCN(C(=O)Nc3cccc(Cl)c3)CC2)o1. The highest BCUT2D eigenvalue weighted by molar-refractivity contribution is 6.30. The van der Waals surface area contributed by atoms with Crippen molar-refractivity contribution in [2.24, 2.45) is 0 Å². The molecule has 0 aliphatic carbocycles. The van der Waals surface area contributed by atoms with Crippen molar-refractivity contribution < 1.29 is 9.21 Å². The molecule has 3 rings (SSSR count). The van der Waals surface area contributed by atoms with Gasteiger partial charge in [-0.1, -0.05) is 29.7 Å². The second kappa shape index (κ2) is 6.87. The van der Waals surface area contributed by atoms with Gasteiger partial charge in [-0.25, -0.2) is 4.79 Å². The Morgan fingerprint density at radius 2 is 2.09 bits per heavy atom. The molecule has 23 heavy (non-hydrogen) atoms. The number of carbonyl (C=O) groups excluding carboxylic acids is 1. The van der Waals surface area contributed by atoms with Crippen LogP contribution in [0.15, 0.2) is 28.7 Å². The van der Waals surface area contributed by atoms with E-state index in [9.17, 15) is 4.79 Å². The molecule has 122 valence electrons. The molecule has 2 heterocycles. The first-order valence-corrected chi connectivity index (χ1v) is 7.92. The van der Waals surface area contributed by atoms with Crippen LogP contribution in [-0.4, -0.2) is 47.3 Å². The van der Waals surface area contributed by atoms with Crippen LogP contribution in [-0.2, 0) is 6.42 Å². The minimum atomic E-state index is -0.133. The number of hydrogen-bond donors (Lipinski definition) is 1. The van der Waals surface area contributed by atoms with Gasteiger partial charge in [0, 0.05) is 43.3 Å². The molecule has 1 fully saturated rings. The lowest BCUT2D eigenvalue weighted by molar-refractivity contribution is 0.207. The molecule has 8 heteroatoms. The Bertz CT molecular complexity index is 682. The first kappa shape index (κ1) is 15.6. The summed E-state index contributed by atoms with van der Waals surface area (Å²) in [6, 6.07) is 7.50. The summed E-state index contributed by atoms with van der Waals surface area (Å²) < 4.78 is 5.55. The van der Waals surface area contributed by atoms with E-state index in [2.05, 4.69) is 15.5 Å². The second-order valence-corrected chi connectivity index (χ2v) is 5.68. The molecule has 0 atom stereocenters. The highest BCUT2D eigenvalue weighted by Crippen LogP contribution is 2.17. The average molecular weight is 336 g/mol. The van der Waals surface area contributed by atoms with Gasteiger partial charge in [-0.3, -0.25) is 0 Å². The van der Waals surface area contributed by atoms with Crippen LogP contribution in [0.25, 0.3) is 0 Å². The van der Waals surface area contributed by atoms with E-state index in [-0.39, 0.29) is 6.03 Å². The van der Waals surface area contributed by atoms with Gasteiger partial charge < -0.3 is 19.5 Å². The van der Waals surface area contributed by atoms with Crippen molar-refractivity contribution in [3.05, 3.63) is 35.2 Å². The number of benzene rings is 1. The fourth-order valence-corrected chi connectivity index (χ4v) is 2.58. The summed E-state index contributed by atoms with van der Waals surface area (Å²) >= 11 is 5.92. The largest absolute Gasteiger partial charge is 0.408 e. The maximum atomic E-state index is 12.3. The van der Waals surface area contributed by atoms with Crippen LogP contribution >= 0.6 is 11.6 Å². The van der Waals surface area contributed by atoms with E-state index in [1.54, 1.807) is 23.1 Å². The van der Waals surface area contributed by atoms with Crippen molar-refractivity contribution in [3.8, 4) is 0 Å². The Labute approximate surface area is 139 Å². The molecule has 1 saturated heterocycles. The number of urea groups is 1. The fourth-order valence-electron chi connectivity index (χ4n) is 2.39. The molecule has 2 aromatic rings. The van der Waals surface area contributed by atoms with Gasteiger partial charge in [0.2, 0.25) is 5.89 Å². The normalized spacial score (nSPS) is 14.9. The number of aryl methyl sites for hydroxylation is 1. The summed E-state index contributed by atoms with van der Waals surface area (Å²) in [6.07, 6.45) is 0.717. The lowest BCUT2D eigenvalue weighted by atomic mass is 10.3. The molecule has 1 N–H and O–H groups in total. The van der Waals surface area contributed by atoms with Crippen molar-refractivity contribution in [1.82, 2.24) is 15.1 Å². The maximum Gasteiger partial charge on any atom is 0.321 e. The zero-order chi connectivity index (χ0) is 16.2. The molecule has 7 nitrogen and oxygen atoms in total. The Morgan fingerprint density at radius 1 is 1.30 bits per heavy atom. The highest BCUT2D eigenvalue weighted by atomic mass is 35.5. The number of amides is 2. The number of rotatable bonds is 3. The highest BCUT2D eigenvalue weighted by Gasteiger charge is 2.24. The van der Waals surface area contributed by atoms with Crippen molar-refractivity contribution in [1.29, 1.82) is 0 Å². The lowest BCUT2D eigenvalue weighted by Gasteiger charge is -2.33. The van der Waals surface area contributed by atoms with Crippen molar-refractivity contribution >= 4 is 29.3 Å². The van der Waals surface area contributed by atoms with Gasteiger partial charge in [0.25, 0.3) is 0 Å². The number of nitrogens with one attached hydrogen (secondary N) is 1. The van der Waals surface area contributed by atoms with E-state index in [0.29, 0.717) is 48.8 Å². The van der Waals surface area contributed by atoms with Gasteiger partial charge >= 0.3 is 12.0 Å². The molecular weight excluding hydrogens is 318 g/mol. The molecule has 0 bridgehead atoms. The van der Waals surface area contributed by atoms with E-state index in [0.717, 1.165) is 6.42 Å². The number of carbonyl (C=O) groups is 1. The fraction of sp³-hybridized carbons (Fsp3) is 0.400. The molecule has 0 unspecified atom stereocenters. The Kier molecular flexibility index (Phi) is 4.66. The number of piperazine rings is 1. The van der Waals surface area contributed by atoms with Crippen molar-refractivity contribution in [2.45, 2.75) is 13.3 Å². The van der Waals surface area contributed by atoms with Crippen LogP contribution in [0.4, 0.5) is 16.5 Å². The Morgan fingerprint density at radius 3 is 2.74 bits per heavy atom. The number of nitrogens with zero attached hydrogens (tertiary/aromatic N) is 4. The minimum absolute atomic E-state index is 0.133. The molecule has 1 aromatic carbocycles. The Balaban J connectivity index is 1.55. The maximum absolute atomic E-state index is 12.3. The summed E-state index contributed by atoms with van der Waals surface area (Å²) in [5, 5.41) is 11.4. The molecule has 0 radical (unpaired) electrons. The van der Waals surface area contributed by atoms with E-state index in [1.807, 2.05) is 17.9 Å². The second-order valence-electron chi connectivity index (χ2n) is 5.25. The van der Waals surface area contributed by atoms with Gasteiger partial charge in [0.05, 0.1) is 0 Å². The molecule has 0 saturated carbocycles. The predicted octanol–water partition coefficient (Wildman–Crippen LogP) is 2.64. The topological polar surface area (TPSA) is 74.5 Å². The van der Waals surface area contributed by atoms with Crippen LogP contribution in [0, 0.1) is 0 Å². The summed E-state index contributed by atoms with van der Waals surface area (Å²) in [4.78, 5) is 16.0. The first-order chi connectivity index (χ1) is 11.2. The first-order valence-electron chi connectivity index (χ1n) is 7.54. The number of hydrogen-bond acceptors (Lipinski definition) is 5. The molecule has 1 aliphatic rings. The summed E-state index contributed by atoms with van der Waals surface area (Å²) in [5.74, 6) is 0.626. The lowest BCUT2D eigenvalue weighted by Crippen LogP contribution is -2.50. The molecule has 1 aromatic heterocycles. The van der Waals surface area contributed by atoms with Crippen molar-refractivity contribution in [2.75, 3.05) is 36.4 Å². The average Bonchev–Trinajstić information content (AvgIpc) is 3.04. The summed E-state index contributed by atoms with van der Waals surface area (Å²) in [6.45, 7) is 4.48. The molecular formula is C15H18ClN5O2. The predicted molar refractivity (Wildman–Crippen MR) is 87.9 cm³/mol. The third-order valence-corrected chi connectivity index (χ3v) is 3.91. The third-order valence-electron chi connectivity index (χ3n) is 3.67. The van der Waals surface area contributed by atoms with Crippen LogP contribution in [0.3, 0.4) is 0 Å². The zero-order valence-electron chi connectivity index (χ0n) is 12.8. The van der Waals surface area contributed by atoms with E-state index in [1.165, 1.54) is 0 Å². The minimum Gasteiger partial charge on any atom is -0.408 e. The van der Waals surface area contributed by atoms with Gasteiger partial charge in [-0.15, -0.1) is 5.10 Å². The van der Waals surface area contributed by atoms with E-state index >= 15 is 0 Å². The Hall–Kier alpha value is -2.28. The van der Waals surface area contributed by atoms with Gasteiger partial charge in [-0.05, 0) is 18.2 Å². The summed E-state index contributed by atoms with van der Waals surface area (Å²) in [5.41, 5.74) is 0.689. The van der Waals surface area contributed by atoms with Gasteiger partial charge in [0.1, 0.15) is 0 Å². The van der Waals surface area contributed by atoms with Crippen LogP contribution in [0.5, 0.6) is 0 Å². The van der Waals surface area contributed by atoms with Crippen LogP contribution in [0.1, 0.15) is 12.8 Å². The number of halogens is 1. The summed E-state index contributed by atoms with van der Waals surface area (Å²) in [7, 11) is 0.